The Kier molecular flexibility index (Phi) is 3.90. The molecule has 0 fully saturated rings. The van der Waals surface area contributed by atoms with Crippen LogP contribution in [0.2, 0.25) is 0 Å². The third-order valence-electron chi connectivity index (χ3n) is 3.16. The SMILES string of the molecule is CNSNC1Cc2ccc(C(C)C)cc2C1. The first kappa shape index (κ1) is 12.0. The zero-order valence-corrected chi connectivity index (χ0v) is 11.0. The maximum absolute atomic E-state index is 3.43. The second kappa shape index (κ2) is 5.21. The number of nitrogens with one attached hydrogen (secondary N) is 2. The number of fused-ring (bicyclic) bond motifs is 1. The Labute approximate surface area is 102 Å². The number of hydrogen-bond acceptors (Lipinski definition) is 3. The van der Waals surface area contributed by atoms with Gasteiger partial charge in [-0.2, -0.15) is 0 Å². The van der Waals surface area contributed by atoms with Crippen LogP contribution >= 0.6 is 12.1 Å². The summed E-state index contributed by atoms with van der Waals surface area (Å²) in [5.74, 6) is 0.629. The van der Waals surface area contributed by atoms with Gasteiger partial charge in [0.15, 0.2) is 0 Å². The molecule has 1 unspecified atom stereocenters. The van der Waals surface area contributed by atoms with Crippen LogP contribution in [0.3, 0.4) is 0 Å². The topological polar surface area (TPSA) is 24.1 Å². The van der Waals surface area contributed by atoms with Gasteiger partial charge in [-0.15, -0.1) is 0 Å². The highest BCUT2D eigenvalue weighted by Crippen LogP contribution is 2.26. The van der Waals surface area contributed by atoms with Crippen molar-refractivity contribution in [3.05, 3.63) is 34.9 Å². The fourth-order valence-electron chi connectivity index (χ4n) is 2.22. The highest BCUT2D eigenvalue weighted by atomic mass is 32.2. The molecule has 0 aliphatic heterocycles. The van der Waals surface area contributed by atoms with Gasteiger partial charge >= 0.3 is 0 Å². The molecular formula is C13H20N2S. The van der Waals surface area contributed by atoms with Gasteiger partial charge in [0.25, 0.3) is 0 Å². The van der Waals surface area contributed by atoms with E-state index in [9.17, 15) is 0 Å². The first-order chi connectivity index (χ1) is 7.70. The standard InChI is InChI=1S/C13H20N2S/c1-9(2)10-4-5-11-7-13(15-16-14-3)8-12(11)6-10/h4-6,9,13-15H,7-8H2,1-3H3. The molecule has 1 atom stereocenters. The Hall–Kier alpha value is -0.510. The van der Waals surface area contributed by atoms with E-state index in [0.717, 1.165) is 12.8 Å². The molecule has 0 spiro atoms. The van der Waals surface area contributed by atoms with Crippen LogP contribution in [0.1, 0.15) is 36.5 Å². The maximum Gasteiger partial charge on any atom is 0.0264 e. The molecule has 1 aromatic carbocycles. The fraction of sp³-hybridized carbons (Fsp3) is 0.538. The quantitative estimate of drug-likeness (QED) is 0.786. The van der Waals surface area contributed by atoms with Crippen LogP contribution < -0.4 is 9.44 Å². The predicted molar refractivity (Wildman–Crippen MR) is 71.5 cm³/mol. The van der Waals surface area contributed by atoms with Crippen LogP contribution in [0.4, 0.5) is 0 Å². The average Bonchev–Trinajstić information content (AvgIpc) is 2.67. The van der Waals surface area contributed by atoms with Gasteiger partial charge in [0, 0.05) is 18.2 Å². The largest absolute Gasteiger partial charge is 0.254 e. The smallest absolute Gasteiger partial charge is 0.0264 e. The van der Waals surface area contributed by atoms with E-state index in [-0.39, 0.29) is 0 Å². The van der Waals surface area contributed by atoms with Gasteiger partial charge in [-0.3, -0.25) is 4.72 Å². The van der Waals surface area contributed by atoms with E-state index in [1.54, 1.807) is 12.1 Å². The summed E-state index contributed by atoms with van der Waals surface area (Å²) in [6.45, 7) is 4.51. The van der Waals surface area contributed by atoms with Crippen molar-refractivity contribution in [2.75, 3.05) is 7.05 Å². The third-order valence-corrected chi connectivity index (χ3v) is 3.81. The van der Waals surface area contributed by atoms with E-state index in [1.165, 1.54) is 16.7 Å². The summed E-state index contributed by atoms with van der Waals surface area (Å²) in [6, 6.07) is 7.54. The van der Waals surface area contributed by atoms with Gasteiger partial charge in [-0.25, -0.2) is 4.72 Å². The van der Waals surface area contributed by atoms with Gasteiger partial charge in [-0.05, 0) is 42.5 Å². The first-order valence-electron chi connectivity index (χ1n) is 5.90. The van der Waals surface area contributed by atoms with E-state index in [0.29, 0.717) is 12.0 Å². The second-order valence-electron chi connectivity index (χ2n) is 4.71. The summed E-state index contributed by atoms with van der Waals surface area (Å²) in [7, 11) is 1.94. The van der Waals surface area contributed by atoms with Gasteiger partial charge < -0.3 is 0 Å². The van der Waals surface area contributed by atoms with Crippen molar-refractivity contribution in [1.82, 2.24) is 9.44 Å². The molecule has 88 valence electrons. The van der Waals surface area contributed by atoms with Crippen LogP contribution in [-0.4, -0.2) is 13.1 Å². The van der Waals surface area contributed by atoms with Crippen molar-refractivity contribution in [2.45, 2.75) is 38.6 Å². The van der Waals surface area contributed by atoms with Gasteiger partial charge in [0.05, 0.1) is 0 Å². The molecule has 0 amide bonds. The van der Waals surface area contributed by atoms with Gasteiger partial charge in [0.2, 0.25) is 0 Å². The minimum atomic E-state index is 0.579. The van der Waals surface area contributed by atoms with Crippen LogP contribution in [0, 0.1) is 0 Å². The molecule has 0 aromatic heterocycles. The van der Waals surface area contributed by atoms with E-state index in [1.807, 2.05) is 7.05 Å². The van der Waals surface area contributed by atoms with Crippen molar-refractivity contribution in [3.63, 3.8) is 0 Å². The number of rotatable bonds is 4. The lowest BCUT2D eigenvalue weighted by atomic mass is 9.99. The highest BCUT2D eigenvalue weighted by molar-refractivity contribution is 7.95. The number of hydrogen-bond donors (Lipinski definition) is 2. The summed E-state index contributed by atoms with van der Waals surface area (Å²) in [5.41, 5.74) is 4.50. The van der Waals surface area contributed by atoms with E-state index in [4.69, 9.17) is 0 Å². The molecule has 0 bridgehead atoms. The Morgan fingerprint density at radius 2 is 2.00 bits per heavy atom. The second-order valence-corrected chi connectivity index (χ2v) is 5.56. The fourth-order valence-corrected chi connectivity index (χ4v) is 2.67. The lowest BCUT2D eigenvalue weighted by Crippen LogP contribution is -2.25. The number of benzene rings is 1. The lowest BCUT2D eigenvalue weighted by Gasteiger charge is -2.09. The minimum Gasteiger partial charge on any atom is -0.254 e. The van der Waals surface area contributed by atoms with Crippen molar-refractivity contribution >= 4 is 12.1 Å². The zero-order chi connectivity index (χ0) is 11.5. The molecule has 0 heterocycles. The molecule has 0 saturated heterocycles. The molecule has 2 nitrogen and oxygen atoms in total. The molecule has 1 aromatic rings. The van der Waals surface area contributed by atoms with Crippen molar-refractivity contribution in [2.24, 2.45) is 0 Å². The summed E-state index contributed by atoms with van der Waals surface area (Å²) in [6.07, 6.45) is 2.31. The van der Waals surface area contributed by atoms with E-state index < -0.39 is 0 Å². The molecule has 2 rings (SSSR count). The van der Waals surface area contributed by atoms with Crippen molar-refractivity contribution in [1.29, 1.82) is 0 Å². The summed E-state index contributed by atoms with van der Waals surface area (Å²) in [5, 5.41) is 0. The van der Waals surface area contributed by atoms with Gasteiger partial charge in [0.1, 0.15) is 0 Å². The van der Waals surface area contributed by atoms with Crippen molar-refractivity contribution < 1.29 is 0 Å². The molecule has 0 saturated carbocycles. The zero-order valence-electron chi connectivity index (χ0n) is 10.2. The third kappa shape index (κ3) is 2.59. The molecule has 16 heavy (non-hydrogen) atoms. The lowest BCUT2D eigenvalue weighted by molar-refractivity contribution is 0.670. The molecule has 1 aliphatic rings. The van der Waals surface area contributed by atoms with Crippen LogP contribution in [0.5, 0.6) is 0 Å². The van der Waals surface area contributed by atoms with Gasteiger partial charge in [-0.1, -0.05) is 32.0 Å². The van der Waals surface area contributed by atoms with Crippen LogP contribution in [0.25, 0.3) is 0 Å². The monoisotopic (exact) mass is 236 g/mol. The van der Waals surface area contributed by atoms with Crippen LogP contribution in [-0.2, 0) is 12.8 Å². The van der Waals surface area contributed by atoms with Crippen molar-refractivity contribution in [3.8, 4) is 0 Å². The highest BCUT2D eigenvalue weighted by Gasteiger charge is 2.21. The normalized spacial score (nSPS) is 19.1. The average molecular weight is 236 g/mol. The predicted octanol–water partition coefficient (Wildman–Crippen LogP) is 2.65. The van der Waals surface area contributed by atoms with E-state index >= 15 is 0 Å². The Morgan fingerprint density at radius 1 is 1.25 bits per heavy atom. The maximum atomic E-state index is 3.43. The van der Waals surface area contributed by atoms with Crippen LogP contribution in [0.15, 0.2) is 18.2 Å². The molecule has 3 heteroatoms. The molecule has 0 radical (unpaired) electrons. The summed E-state index contributed by atoms with van der Waals surface area (Å²) >= 11 is 1.59. The summed E-state index contributed by atoms with van der Waals surface area (Å²) in [4.78, 5) is 0. The molecule has 2 N–H and O–H groups in total. The Balaban J connectivity index is 2.06. The minimum absolute atomic E-state index is 0.579. The summed E-state index contributed by atoms with van der Waals surface area (Å²) < 4.78 is 6.49. The Morgan fingerprint density at radius 3 is 2.69 bits per heavy atom. The molecular weight excluding hydrogens is 216 g/mol. The first-order valence-corrected chi connectivity index (χ1v) is 6.72. The Bertz CT molecular complexity index is 363. The molecule has 1 aliphatic carbocycles. The van der Waals surface area contributed by atoms with E-state index in [2.05, 4.69) is 41.5 Å².